The normalized spacial score (nSPS) is 23.9. The van der Waals surface area contributed by atoms with Gasteiger partial charge in [0, 0.05) is 24.2 Å². The molecule has 1 saturated heterocycles. The molecule has 1 heterocycles. The van der Waals surface area contributed by atoms with Gasteiger partial charge in [0.15, 0.2) is 5.78 Å². The minimum Gasteiger partial charge on any atom is -0.496 e. The molecule has 6 rings (SSSR count). The number of esters is 1. The Labute approximate surface area is 307 Å². The Balaban J connectivity index is 1.27. The summed E-state index contributed by atoms with van der Waals surface area (Å²) < 4.78 is 39.0. The van der Waals surface area contributed by atoms with Crippen LogP contribution in [0.25, 0.3) is 11.1 Å². The minimum atomic E-state index is -3.83. The van der Waals surface area contributed by atoms with Crippen LogP contribution in [0.5, 0.6) is 5.75 Å². The maximum Gasteiger partial charge on any atom is 0.306 e. The number of sulfonamides is 1. The van der Waals surface area contributed by atoms with Crippen molar-refractivity contribution < 1.29 is 37.1 Å². The van der Waals surface area contributed by atoms with E-state index in [0.717, 1.165) is 48.2 Å². The first-order chi connectivity index (χ1) is 24.7. The Morgan fingerprint density at radius 2 is 1.69 bits per heavy atom. The van der Waals surface area contributed by atoms with Crippen LogP contribution in [-0.2, 0) is 33.9 Å². The zero-order valence-electron chi connectivity index (χ0n) is 30.6. The first-order valence-corrected chi connectivity index (χ1v) is 19.9. The van der Waals surface area contributed by atoms with E-state index in [9.17, 15) is 27.6 Å². The van der Waals surface area contributed by atoms with E-state index >= 15 is 0 Å². The number of carbonyl (C=O) groups is 4. The average molecular weight is 734 g/mol. The first kappa shape index (κ1) is 37.6. The number of methoxy groups -OCH3 is 1. The van der Waals surface area contributed by atoms with Gasteiger partial charge in [-0.05, 0) is 80.0 Å². The number of rotatable bonds is 14. The summed E-state index contributed by atoms with van der Waals surface area (Å²) in [5, 5.41) is -0.592. The molecule has 4 aliphatic rings. The molecule has 2 amide bonds. The Morgan fingerprint density at radius 1 is 1.02 bits per heavy atom. The molecule has 1 aliphatic heterocycles. The van der Waals surface area contributed by atoms with Crippen LogP contribution in [0.2, 0.25) is 0 Å². The Bertz CT molecular complexity index is 1810. The smallest absolute Gasteiger partial charge is 0.306 e. The van der Waals surface area contributed by atoms with Gasteiger partial charge in [-0.2, -0.15) is 0 Å². The Hall–Kier alpha value is -4.19. The molecule has 4 atom stereocenters. The number of hydrogen-bond acceptors (Lipinski definition) is 9. The minimum absolute atomic E-state index is 0.0909. The van der Waals surface area contributed by atoms with Gasteiger partial charge >= 0.3 is 5.97 Å². The number of anilines is 1. The molecule has 280 valence electrons. The molecule has 0 unspecified atom stereocenters. The van der Waals surface area contributed by atoms with Crippen molar-refractivity contribution in [3.8, 4) is 16.9 Å². The van der Waals surface area contributed by atoms with E-state index in [-0.39, 0.29) is 49.8 Å². The summed E-state index contributed by atoms with van der Waals surface area (Å²) in [6.45, 7) is 9.79. The first-order valence-electron chi connectivity index (χ1n) is 18.4. The molecule has 4 fully saturated rings. The number of allylic oxidation sites excluding steroid dienone is 1. The number of para-hydroxylation sites is 1. The average Bonchev–Trinajstić information content (AvgIpc) is 3.99. The second-order valence-electron chi connectivity index (χ2n) is 16.0. The number of Topliss-reactive ketones (excluding diaryl/α,β-unsaturated/α-hetero) is 1. The molecule has 52 heavy (non-hydrogen) atoms. The highest BCUT2D eigenvalue weighted by Crippen LogP contribution is 2.57. The third-order valence-electron chi connectivity index (χ3n) is 11.3. The standard InChI is InChI=1S/C40H51N3O8S/c1-6-27-22-40(27,38(47)41-52(48,49)30-19-20-30)23-34(44)33-24-42(28-17-15-26(16-18-28)31-13-9-10-14-35(31)50-5)25-43(33)37(46)32(39(2,3)4)21-36(45)51-29-11-7-8-12-29/h6,9-10,13-18,27,29-30,32-33H,1,7-8,11-12,19-25H2,2-5H3,(H,41,47)/t27-,32-,33+,40-/m1/s1. The molecule has 0 radical (unpaired) electrons. The van der Waals surface area contributed by atoms with Gasteiger partial charge in [0.25, 0.3) is 0 Å². The highest BCUT2D eigenvalue weighted by molar-refractivity contribution is 7.90. The number of hydrogen-bond donors (Lipinski definition) is 1. The quantitative estimate of drug-likeness (QED) is 0.193. The van der Waals surface area contributed by atoms with E-state index in [1.807, 2.05) is 74.2 Å². The summed E-state index contributed by atoms with van der Waals surface area (Å²) in [6.07, 6.45) is 6.03. The monoisotopic (exact) mass is 733 g/mol. The molecule has 0 spiro atoms. The van der Waals surface area contributed by atoms with Crippen LogP contribution in [-0.4, -0.2) is 74.6 Å². The van der Waals surface area contributed by atoms with Crippen LogP contribution < -0.4 is 14.4 Å². The van der Waals surface area contributed by atoms with Gasteiger partial charge in [-0.1, -0.05) is 57.2 Å². The van der Waals surface area contributed by atoms with Gasteiger partial charge in [0.2, 0.25) is 21.8 Å². The van der Waals surface area contributed by atoms with Gasteiger partial charge in [0.1, 0.15) is 17.9 Å². The summed E-state index contributed by atoms with van der Waals surface area (Å²) in [6, 6.07) is 14.6. The van der Waals surface area contributed by atoms with Crippen LogP contribution in [0, 0.1) is 22.7 Å². The van der Waals surface area contributed by atoms with E-state index in [2.05, 4.69) is 11.3 Å². The van der Waals surface area contributed by atoms with Gasteiger partial charge in [0.05, 0.1) is 36.8 Å². The van der Waals surface area contributed by atoms with E-state index in [1.165, 1.54) is 4.90 Å². The van der Waals surface area contributed by atoms with Crippen molar-refractivity contribution in [2.75, 3.05) is 25.2 Å². The number of amides is 2. The van der Waals surface area contributed by atoms with Crippen LogP contribution in [0.4, 0.5) is 5.69 Å². The number of ether oxygens (including phenoxy) is 2. The highest BCUT2D eigenvalue weighted by Gasteiger charge is 2.61. The third-order valence-corrected chi connectivity index (χ3v) is 13.1. The van der Waals surface area contributed by atoms with Crippen LogP contribution in [0.15, 0.2) is 61.2 Å². The van der Waals surface area contributed by atoms with Crippen molar-refractivity contribution >= 4 is 39.3 Å². The Morgan fingerprint density at radius 3 is 2.29 bits per heavy atom. The van der Waals surface area contributed by atoms with Crippen molar-refractivity contribution in [2.45, 2.75) is 96.0 Å². The van der Waals surface area contributed by atoms with E-state index in [0.29, 0.717) is 19.3 Å². The summed E-state index contributed by atoms with van der Waals surface area (Å²) in [5.41, 5.74) is 0.763. The molecule has 2 aromatic rings. The van der Waals surface area contributed by atoms with E-state index in [4.69, 9.17) is 9.47 Å². The molecular weight excluding hydrogens is 683 g/mol. The lowest BCUT2D eigenvalue weighted by atomic mass is 9.77. The van der Waals surface area contributed by atoms with Crippen molar-refractivity contribution in [3.05, 3.63) is 61.2 Å². The van der Waals surface area contributed by atoms with Gasteiger partial charge in [-0.3, -0.25) is 23.9 Å². The van der Waals surface area contributed by atoms with Crippen molar-refractivity contribution in [1.82, 2.24) is 9.62 Å². The number of ketones is 1. The van der Waals surface area contributed by atoms with E-state index < -0.39 is 49.9 Å². The highest BCUT2D eigenvalue weighted by atomic mass is 32.2. The summed E-state index contributed by atoms with van der Waals surface area (Å²) >= 11 is 0. The second-order valence-corrected chi connectivity index (χ2v) is 17.9. The zero-order valence-corrected chi connectivity index (χ0v) is 31.5. The van der Waals surface area contributed by atoms with Gasteiger partial charge < -0.3 is 19.3 Å². The molecule has 12 heteroatoms. The SMILES string of the molecule is C=C[C@@H]1C[C@]1(CC(=O)[C@@H]1CN(c2ccc(-c3ccccc3OC)cc2)CN1C(=O)[C@@H](CC(=O)OC1CCCC1)C(C)(C)C)C(=O)NS(=O)(=O)C1CC1. The van der Waals surface area contributed by atoms with E-state index in [1.54, 1.807) is 13.2 Å². The Kier molecular flexibility index (Phi) is 10.6. The fourth-order valence-electron chi connectivity index (χ4n) is 7.75. The van der Waals surface area contributed by atoms with Crippen LogP contribution in [0.1, 0.15) is 78.6 Å². The zero-order chi connectivity index (χ0) is 37.4. The van der Waals surface area contributed by atoms with Gasteiger partial charge in [-0.15, -0.1) is 6.58 Å². The van der Waals surface area contributed by atoms with Gasteiger partial charge in [-0.25, -0.2) is 8.42 Å². The molecular formula is C40H51N3O8S. The maximum atomic E-state index is 14.6. The summed E-state index contributed by atoms with van der Waals surface area (Å²) in [4.78, 5) is 59.3. The van der Waals surface area contributed by atoms with Crippen molar-refractivity contribution in [1.29, 1.82) is 0 Å². The number of carbonyl (C=O) groups excluding carboxylic acids is 4. The molecule has 1 N–H and O–H groups in total. The molecule has 11 nitrogen and oxygen atoms in total. The predicted octanol–water partition coefficient (Wildman–Crippen LogP) is 5.64. The predicted molar refractivity (Wildman–Crippen MR) is 198 cm³/mol. The maximum absolute atomic E-state index is 14.6. The summed E-state index contributed by atoms with van der Waals surface area (Å²) in [7, 11) is -2.21. The van der Waals surface area contributed by atoms with Crippen LogP contribution in [0.3, 0.4) is 0 Å². The lowest BCUT2D eigenvalue weighted by molar-refractivity contribution is -0.156. The number of nitrogens with one attached hydrogen (secondary N) is 1. The fourth-order valence-corrected chi connectivity index (χ4v) is 9.13. The molecule has 2 aromatic carbocycles. The number of benzene rings is 2. The second kappa shape index (κ2) is 14.7. The lowest BCUT2D eigenvalue weighted by Gasteiger charge is -2.34. The number of nitrogens with zero attached hydrogens (tertiary/aromatic N) is 2. The largest absolute Gasteiger partial charge is 0.496 e. The molecule has 0 bridgehead atoms. The lowest BCUT2D eigenvalue weighted by Crippen LogP contribution is -2.49. The van der Waals surface area contributed by atoms with Crippen molar-refractivity contribution in [2.24, 2.45) is 22.7 Å². The molecule has 3 aliphatic carbocycles. The summed E-state index contributed by atoms with van der Waals surface area (Å²) in [5.74, 6) is -2.21. The fraction of sp³-hybridized carbons (Fsp3) is 0.550. The molecule has 3 saturated carbocycles. The van der Waals surface area contributed by atoms with Crippen LogP contribution >= 0.6 is 0 Å². The third kappa shape index (κ3) is 7.91. The van der Waals surface area contributed by atoms with Crippen molar-refractivity contribution in [3.63, 3.8) is 0 Å². The topological polar surface area (TPSA) is 139 Å². The molecule has 0 aromatic heterocycles.